The number of carbonyl (C=O) groups is 1. The molecule has 0 radical (unpaired) electrons. The Morgan fingerprint density at radius 3 is 2.73 bits per heavy atom. The van der Waals surface area contributed by atoms with E-state index in [1.54, 1.807) is 31.7 Å². The van der Waals surface area contributed by atoms with Gasteiger partial charge < -0.3 is 18.5 Å². The highest BCUT2D eigenvalue weighted by Crippen LogP contribution is 2.50. The molecule has 0 amide bonds. The molecule has 0 atom stereocenters. The molecule has 3 heterocycles. The number of rotatable bonds is 6. The van der Waals surface area contributed by atoms with E-state index in [1.165, 1.54) is 18.4 Å². The smallest absolute Gasteiger partial charge is 0.343 e. The van der Waals surface area contributed by atoms with Gasteiger partial charge in [0, 0.05) is 34.5 Å². The van der Waals surface area contributed by atoms with Crippen molar-refractivity contribution in [3.63, 3.8) is 0 Å². The molecule has 1 aromatic carbocycles. The highest BCUT2D eigenvalue weighted by molar-refractivity contribution is 5.90. The molecule has 2 saturated carbocycles. The van der Waals surface area contributed by atoms with Crippen LogP contribution in [0.1, 0.15) is 54.9 Å². The summed E-state index contributed by atoms with van der Waals surface area (Å²) in [4.78, 5) is 25.4. The van der Waals surface area contributed by atoms with Gasteiger partial charge in [0.2, 0.25) is 0 Å². The number of ether oxygens (including phenoxy) is 2. The predicted molar refractivity (Wildman–Crippen MR) is 124 cm³/mol. The van der Waals surface area contributed by atoms with Crippen LogP contribution in [-0.4, -0.2) is 23.8 Å². The molecule has 3 aliphatic rings. The second kappa shape index (κ2) is 7.65. The summed E-state index contributed by atoms with van der Waals surface area (Å²) in [5.41, 5.74) is 4.65. The molecule has 33 heavy (non-hydrogen) atoms. The molecule has 0 saturated heterocycles. The van der Waals surface area contributed by atoms with Crippen molar-refractivity contribution in [1.82, 2.24) is 4.57 Å². The number of furan rings is 1. The van der Waals surface area contributed by atoms with E-state index in [-0.39, 0.29) is 23.1 Å². The molecule has 1 aliphatic heterocycles. The first-order valence-electron chi connectivity index (χ1n) is 11.8. The van der Waals surface area contributed by atoms with E-state index in [4.69, 9.17) is 13.9 Å². The average molecular weight is 446 g/mol. The van der Waals surface area contributed by atoms with Crippen LogP contribution in [0.3, 0.4) is 0 Å². The Bertz CT molecular complexity index is 1280. The summed E-state index contributed by atoms with van der Waals surface area (Å²) < 4.78 is 19.0. The van der Waals surface area contributed by atoms with Crippen molar-refractivity contribution in [3.8, 4) is 28.1 Å². The lowest BCUT2D eigenvalue weighted by Gasteiger charge is -2.49. The standard InChI is InChI=1S/C27H27NO5/c1-2-32-26(30)22-14-28-23(12-24(22)29)20-11-21(18-6-9-31-16-18)25(33-15-17-4-5-17)10-19(20)13-27(28)7-3-8-27/h6,9-12,14,16-17H,2-5,7-8,13,15H2,1H3. The Morgan fingerprint density at radius 1 is 1.21 bits per heavy atom. The van der Waals surface area contributed by atoms with Gasteiger partial charge in [0.05, 0.1) is 31.4 Å². The molecule has 2 fully saturated rings. The maximum absolute atomic E-state index is 12.9. The van der Waals surface area contributed by atoms with Gasteiger partial charge in [0.25, 0.3) is 0 Å². The van der Waals surface area contributed by atoms with Crippen LogP contribution in [0.5, 0.6) is 5.75 Å². The predicted octanol–water partition coefficient (Wildman–Crippen LogP) is 5.18. The van der Waals surface area contributed by atoms with E-state index in [0.717, 1.165) is 60.4 Å². The molecule has 6 heteroatoms. The summed E-state index contributed by atoms with van der Waals surface area (Å²) in [5, 5.41) is 0. The first-order valence-corrected chi connectivity index (χ1v) is 11.8. The molecule has 1 spiro atoms. The minimum absolute atomic E-state index is 0.106. The lowest BCUT2D eigenvalue weighted by Crippen LogP contribution is -2.46. The normalized spacial score (nSPS) is 17.7. The number of hydrogen-bond donors (Lipinski definition) is 0. The number of nitrogens with zero attached hydrogens (tertiary/aromatic N) is 1. The number of pyridine rings is 1. The molecule has 0 N–H and O–H groups in total. The van der Waals surface area contributed by atoms with Crippen molar-refractivity contribution in [3.05, 3.63) is 64.3 Å². The average Bonchev–Trinajstić information content (AvgIpc) is 3.46. The van der Waals surface area contributed by atoms with E-state index in [9.17, 15) is 9.59 Å². The largest absolute Gasteiger partial charge is 0.493 e. The molecule has 6 rings (SSSR count). The number of fused-ring (bicyclic) bond motifs is 4. The minimum Gasteiger partial charge on any atom is -0.493 e. The summed E-state index contributed by atoms with van der Waals surface area (Å²) in [6.45, 7) is 2.72. The highest BCUT2D eigenvalue weighted by atomic mass is 16.5. The fourth-order valence-electron chi connectivity index (χ4n) is 5.20. The van der Waals surface area contributed by atoms with Gasteiger partial charge in [-0.3, -0.25) is 4.79 Å². The summed E-state index contributed by atoms with van der Waals surface area (Å²) in [5.74, 6) is 0.966. The molecule has 3 aromatic rings. The molecule has 0 bridgehead atoms. The van der Waals surface area contributed by atoms with Crippen molar-refractivity contribution in [2.45, 2.75) is 51.0 Å². The van der Waals surface area contributed by atoms with Crippen LogP contribution in [0.15, 0.2) is 52.2 Å². The molecular formula is C27H27NO5. The third-order valence-corrected chi connectivity index (χ3v) is 7.35. The third-order valence-electron chi connectivity index (χ3n) is 7.35. The van der Waals surface area contributed by atoms with Gasteiger partial charge in [0.15, 0.2) is 5.43 Å². The van der Waals surface area contributed by atoms with Crippen molar-refractivity contribution in [2.24, 2.45) is 5.92 Å². The second-order valence-corrected chi connectivity index (χ2v) is 9.55. The van der Waals surface area contributed by atoms with Gasteiger partial charge in [-0.05, 0) is 75.1 Å². The zero-order chi connectivity index (χ0) is 22.6. The summed E-state index contributed by atoms with van der Waals surface area (Å²) in [7, 11) is 0. The number of carbonyl (C=O) groups excluding carboxylic acids is 1. The summed E-state index contributed by atoms with van der Waals surface area (Å²) in [6, 6.07) is 7.81. The highest BCUT2D eigenvalue weighted by Gasteiger charge is 2.44. The zero-order valence-corrected chi connectivity index (χ0v) is 18.8. The maximum atomic E-state index is 12.9. The quantitative estimate of drug-likeness (QED) is 0.489. The monoisotopic (exact) mass is 445 g/mol. The van der Waals surface area contributed by atoms with Gasteiger partial charge in [-0.15, -0.1) is 0 Å². The van der Waals surface area contributed by atoms with Crippen LogP contribution in [0, 0.1) is 5.92 Å². The zero-order valence-electron chi connectivity index (χ0n) is 18.8. The minimum atomic E-state index is -0.555. The molecular weight excluding hydrogens is 418 g/mol. The molecule has 2 aliphatic carbocycles. The van der Waals surface area contributed by atoms with Gasteiger partial charge in [-0.2, -0.15) is 0 Å². The van der Waals surface area contributed by atoms with E-state index in [0.29, 0.717) is 5.92 Å². The number of hydrogen-bond acceptors (Lipinski definition) is 5. The van der Waals surface area contributed by atoms with Crippen molar-refractivity contribution < 1.29 is 18.7 Å². The molecule has 2 aromatic heterocycles. The Balaban J connectivity index is 1.52. The number of esters is 1. The van der Waals surface area contributed by atoms with Gasteiger partial charge in [0.1, 0.15) is 11.3 Å². The number of benzene rings is 1. The lowest BCUT2D eigenvalue weighted by atomic mass is 9.69. The van der Waals surface area contributed by atoms with E-state index >= 15 is 0 Å². The SMILES string of the molecule is CCOC(=O)c1cn2c(cc1=O)-c1cc(-c3ccoc3)c(OCC3CC3)cc1CC21CCC1. The van der Waals surface area contributed by atoms with Crippen molar-refractivity contribution >= 4 is 5.97 Å². The maximum Gasteiger partial charge on any atom is 0.343 e. The van der Waals surface area contributed by atoms with Crippen LogP contribution < -0.4 is 10.2 Å². The fourth-order valence-corrected chi connectivity index (χ4v) is 5.20. The van der Waals surface area contributed by atoms with Crippen molar-refractivity contribution in [2.75, 3.05) is 13.2 Å². The summed E-state index contributed by atoms with van der Waals surface area (Å²) >= 11 is 0. The Hall–Kier alpha value is -3.28. The Labute approximate surface area is 192 Å². The van der Waals surface area contributed by atoms with E-state index < -0.39 is 5.97 Å². The number of aromatic nitrogens is 1. The third kappa shape index (κ3) is 3.39. The summed E-state index contributed by atoms with van der Waals surface area (Å²) in [6.07, 6.45) is 11.6. The van der Waals surface area contributed by atoms with Crippen LogP contribution >= 0.6 is 0 Å². The topological polar surface area (TPSA) is 70.7 Å². The van der Waals surface area contributed by atoms with Crippen LogP contribution in [-0.2, 0) is 16.7 Å². The van der Waals surface area contributed by atoms with Crippen LogP contribution in [0.2, 0.25) is 0 Å². The Morgan fingerprint density at radius 2 is 2.06 bits per heavy atom. The molecule has 6 nitrogen and oxygen atoms in total. The molecule has 170 valence electrons. The fraction of sp³-hybridized carbons (Fsp3) is 0.407. The Kier molecular flexibility index (Phi) is 4.71. The van der Waals surface area contributed by atoms with E-state index in [2.05, 4.69) is 16.7 Å². The lowest BCUT2D eigenvalue weighted by molar-refractivity contribution is 0.0521. The van der Waals surface area contributed by atoms with Gasteiger partial charge in [-0.1, -0.05) is 0 Å². The van der Waals surface area contributed by atoms with Crippen LogP contribution in [0.4, 0.5) is 0 Å². The van der Waals surface area contributed by atoms with Gasteiger partial charge >= 0.3 is 5.97 Å². The first kappa shape index (κ1) is 20.3. The second-order valence-electron chi connectivity index (χ2n) is 9.55. The first-order chi connectivity index (χ1) is 16.1. The van der Waals surface area contributed by atoms with E-state index in [1.807, 2.05) is 6.07 Å². The van der Waals surface area contributed by atoms with Crippen molar-refractivity contribution in [1.29, 1.82) is 0 Å². The van der Waals surface area contributed by atoms with Gasteiger partial charge in [-0.25, -0.2) is 4.79 Å². The molecule has 0 unspecified atom stereocenters. The van der Waals surface area contributed by atoms with Crippen LogP contribution in [0.25, 0.3) is 22.4 Å².